The zero-order valence-electron chi connectivity index (χ0n) is 12.4. The predicted molar refractivity (Wildman–Crippen MR) is 83.7 cm³/mol. The van der Waals surface area contributed by atoms with Crippen LogP contribution in [0.1, 0.15) is 30.9 Å². The van der Waals surface area contributed by atoms with Gasteiger partial charge in [-0.15, -0.1) is 12.3 Å². The molecular formula is C16H19N3O3. The number of rotatable bonds is 7. The van der Waals surface area contributed by atoms with E-state index in [1.54, 1.807) is 12.1 Å². The van der Waals surface area contributed by atoms with Gasteiger partial charge in [0.1, 0.15) is 0 Å². The highest BCUT2D eigenvalue weighted by Gasteiger charge is 2.12. The molecule has 0 spiro atoms. The molecule has 0 bridgehead atoms. The number of Topliss-reactive ketones (excluding diaryl/α,β-unsaturated/α-hetero) is 1. The Morgan fingerprint density at radius 3 is 2.55 bits per heavy atom. The van der Waals surface area contributed by atoms with E-state index in [0.29, 0.717) is 18.4 Å². The first-order valence-electron chi connectivity index (χ1n) is 6.76. The molecule has 0 heterocycles. The monoisotopic (exact) mass is 301 g/mol. The Kier molecular flexibility index (Phi) is 6.80. The number of ketones is 1. The highest BCUT2D eigenvalue weighted by molar-refractivity contribution is 5.97. The third kappa shape index (κ3) is 5.77. The van der Waals surface area contributed by atoms with Crippen molar-refractivity contribution in [3.8, 4) is 12.3 Å². The van der Waals surface area contributed by atoms with E-state index in [9.17, 15) is 9.59 Å². The van der Waals surface area contributed by atoms with Crippen molar-refractivity contribution in [1.82, 2.24) is 0 Å². The van der Waals surface area contributed by atoms with Gasteiger partial charge in [0.2, 0.25) is 0 Å². The highest BCUT2D eigenvalue weighted by atomic mass is 16.7. The molecule has 0 saturated heterocycles. The van der Waals surface area contributed by atoms with E-state index in [0.717, 1.165) is 5.56 Å². The Labute approximate surface area is 129 Å². The quantitative estimate of drug-likeness (QED) is 0.254. The Morgan fingerprint density at radius 1 is 1.36 bits per heavy atom. The van der Waals surface area contributed by atoms with Crippen LogP contribution in [0.3, 0.4) is 0 Å². The van der Waals surface area contributed by atoms with Crippen LogP contribution in [0, 0.1) is 12.3 Å². The highest BCUT2D eigenvalue weighted by Crippen LogP contribution is 2.08. The van der Waals surface area contributed by atoms with Crippen molar-refractivity contribution in [2.45, 2.75) is 32.2 Å². The van der Waals surface area contributed by atoms with Crippen LogP contribution in [0.4, 0.5) is 0 Å². The average molecular weight is 301 g/mol. The molecule has 6 nitrogen and oxygen atoms in total. The second-order valence-corrected chi connectivity index (χ2v) is 4.74. The summed E-state index contributed by atoms with van der Waals surface area (Å²) in [5.74, 6) is 1.89. The summed E-state index contributed by atoms with van der Waals surface area (Å²) in [7, 11) is 0. The van der Waals surface area contributed by atoms with E-state index >= 15 is 0 Å². The molecule has 0 saturated carbocycles. The normalized spacial score (nSPS) is 12.3. The first-order chi connectivity index (χ1) is 10.4. The molecule has 0 amide bonds. The van der Waals surface area contributed by atoms with Gasteiger partial charge in [-0.3, -0.25) is 4.79 Å². The van der Waals surface area contributed by atoms with Gasteiger partial charge in [-0.2, -0.15) is 0 Å². The van der Waals surface area contributed by atoms with E-state index in [1.807, 2.05) is 12.1 Å². The predicted octanol–water partition coefficient (Wildman–Crippen LogP) is 0.722. The van der Waals surface area contributed by atoms with E-state index in [4.69, 9.17) is 17.9 Å². The topological polar surface area (TPSA) is 108 Å². The number of oxime groups is 1. The molecule has 0 aliphatic carbocycles. The van der Waals surface area contributed by atoms with Crippen LogP contribution >= 0.6 is 0 Å². The van der Waals surface area contributed by atoms with Crippen molar-refractivity contribution >= 4 is 17.6 Å². The Balaban J connectivity index is 2.59. The number of nitrogens with zero attached hydrogens (tertiary/aromatic N) is 1. The van der Waals surface area contributed by atoms with Crippen LogP contribution in [0.5, 0.6) is 0 Å². The standard InChI is InChI=1S/C16H19N3O3/c1-3-4-14(17)15(21)10-7-12-5-8-13(9-6-12)16(18)19-22-11(2)20/h1,5-6,8-9,14H,4,7,10,17H2,2H3,(H2,18,19)/t14-/m0/s1. The third-order valence-electron chi connectivity index (χ3n) is 2.93. The zero-order chi connectivity index (χ0) is 16.5. The largest absolute Gasteiger partial charge is 0.380 e. The summed E-state index contributed by atoms with van der Waals surface area (Å²) in [4.78, 5) is 26.8. The third-order valence-corrected chi connectivity index (χ3v) is 2.93. The van der Waals surface area contributed by atoms with E-state index in [2.05, 4.69) is 15.9 Å². The summed E-state index contributed by atoms with van der Waals surface area (Å²) < 4.78 is 0. The van der Waals surface area contributed by atoms with Crippen molar-refractivity contribution in [2.24, 2.45) is 16.6 Å². The van der Waals surface area contributed by atoms with Gasteiger partial charge in [-0.05, 0) is 12.0 Å². The molecule has 1 aromatic carbocycles. The molecule has 1 rings (SSSR count). The van der Waals surface area contributed by atoms with Crippen LogP contribution in [0.15, 0.2) is 29.4 Å². The minimum absolute atomic E-state index is 0.0574. The fourth-order valence-electron chi connectivity index (χ4n) is 1.70. The summed E-state index contributed by atoms with van der Waals surface area (Å²) >= 11 is 0. The second kappa shape index (κ2) is 8.60. The number of carbonyl (C=O) groups is 2. The SMILES string of the molecule is C#CC[C@H](N)C(=O)CCc1ccc(/C(N)=N/OC(C)=O)cc1. The number of benzene rings is 1. The fraction of sp³-hybridized carbons (Fsp3) is 0.312. The number of carbonyl (C=O) groups excluding carboxylic acids is 2. The Morgan fingerprint density at radius 2 is 2.00 bits per heavy atom. The molecule has 0 unspecified atom stereocenters. The van der Waals surface area contributed by atoms with Crippen LogP contribution in [0.2, 0.25) is 0 Å². The molecule has 1 aromatic rings. The van der Waals surface area contributed by atoms with Crippen LogP contribution in [-0.4, -0.2) is 23.6 Å². The lowest BCUT2D eigenvalue weighted by Crippen LogP contribution is -2.30. The van der Waals surface area contributed by atoms with Gasteiger partial charge < -0.3 is 16.3 Å². The van der Waals surface area contributed by atoms with Crippen LogP contribution in [-0.2, 0) is 20.8 Å². The molecule has 0 aliphatic rings. The van der Waals surface area contributed by atoms with Crippen molar-refractivity contribution in [2.75, 3.05) is 0 Å². The lowest BCUT2D eigenvalue weighted by atomic mass is 10.0. The maximum Gasteiger partial charge on any atom is 0.332 e. The summed E-state index contributed by atoms with van der Waals surface area (Å²) in [6, 6.07) is 6.53. The van der Waals surface area contributed by atoms with Gasteiger partial charge in [0.15, 0.2) is 11.6 Å². The number of amidine groups is 1. The maximum absolute atomic E-state index is 11.7. The van der Waals surface area contributed by atoms with Crippen LogP contribution in [0.25, 0.3) is 0 Å². The lowest BCUT2D eigenvalue weighted by Gasteiger charge is -2.07. The molecule has 0 fully saturated rings. The minimum Gasteiger partial charge on any atom is -0.380 e. The van der Waals surface area contributed by atoms with Gasteiger partial charge in [0, 0.05) is 25.3 Å². The van der Waals surface area contributed by atoms with Gasteiger partial charge in [0.25, 0.3) is 0 Å². The second-order valence-electron chi connectivity index (χ2n) is 4.74. The summed E-state index contributed by atoms with van der Waals surface area (Å²) in [6.45, 7) is 1.24. The maximum atomic E-state index is 11.7. The Bertz CT molecular complexity index is 600. The fourth-order valence-corrected chi connectivity index (χ4v) is 1.70. The molecule has 0 aliphatic heterocycles. The van der Waals surface area contributed by atoms with Crippen molar-refractivity contribution in [1.29, 1.82) is 0 Å². The number of aryl methyl sites for hydroxylation is 1. The zero-order valence-corrected chi connectivity index (χ0v) is 12.4. The lowest BCUT2D eigenvalue weighted by molar-refractivity contribution is -0.140. The molecule has 4 N–H and O–H groups in total. The van der Waals surface area contributed by atoms with Gasteiger partial charge >= 0.3 is 5.97 Å². The van der Waals surface area contributed by atoms with Crippen LogP contribution < -0.4 is 11.5 Å². The smallest absolute Gasteiger partial charge is 0.332 e. The van der Waals surface area contributed by atoms with Crippen molar-refractivity contribution in [3.63, 3.8) is 0 Å². The molecular weight excluding hydrogens is 282 g/mol. The first-order valence-corrected chi connectivity index (χ1v) is 6.76. The number of hydrogen-bond acceptors (Lipinski definition) is 5. The molecule has 1 atom stereocenters. The van der Waals surface area contributed by atoms with E-state index in [-0.39, 0.29) is 18.0 Å². The number of hydrogen-bond donors (Lipinski definition) is 2. The van der Waals surface area contributed by atoms with Gasteiger partial charge in [-0.25, -0.2) is 4.79 Å². The molecule has 0 aromatic heterocycles. The first kappa shape index (κ1) is 17.4. The summed E-state index contributed by atoms with van der Waals surface area (Å²) in [5, 5.41) is 3.50. The van der Waals surface area contributed by atoms with E-state index < -0.39 is 12.0 Å². The van der Waals surface area contributed by atoms with Crippen molar-refractivity contribution < 1.29 is 14.4 Å². The van der Waals surface area contributed by atoms with Crippen molar-refractivity contribution in [3.05, 3.63) is 35.4 Å². The average Bonchev–Trinajstić information content (AvgIpc) is 2.50. The number of terminal acetylenes is 1. The summed E-state index contributed by atoms with van der Waals surface area (Å²) in [5.41, 5.74) is 12.9. The minimum atomic E-state index is -0.601. The van der Waals surface area contributed by atoms with Gasteiger partial charge in [-0.1, -0.05) is 29.4 Å². The van der Waals surface area contributed by atoms with Gasteiger partial charge in [0.05, 0.1) is 6.04 Å². The molecule has 22 heavy (non-hydrogen) atoms. The summed E-state index contributed by atoms with van der Waals surface area (Å²) in [6.07, 6.45) is 6.28. The molecule has 6 heteroatoms. The molecule has 0 radical (unpaired) electrons. The molecule has 116 valence electrons. The van der Waals surface area contributed by atoms with E-state index in [1.165, 1.54) is 6.92 Å². The Hall–Kier alpha value is -2.65. The number of nitrogens with two attached hydrogens (primary N) is 2.